The lowest BCUT2D eigenvalue weighted by Crippen LogP contribution is -2.26. The van der Waals surface area contributed by atoms with Crippen molar-refractivity contribution in [2.24, 2.45) is 11.1 Å². The Bertz CT molecular complexity index is 444. The second kappa shape index (κ2) is 4.44. The Labute approximate surface area is 104 Å². The molecule has 0 aliphatic rings. The zero-order valence-corrected chi connectivity index (χ0v) is 11.2. The molecule has 0 unspecified atom stereocenters. The Hall–Kier alpha value is -1.05. The highest BCUT2D eigenvalue weighted by Crippen LogP contribution is 2.39. The molecule has 0 radical (unpaired) electrons. The number of phenols is 1. The summed E-state index contributed by atoms with van der Waals surface area (Å²) in [4.78, 5) is 0. The molecule has 1 aromatic carbocycles. The third kappa shape index (κ3) is 2.55. The number of hydrogen-bond acceptors (Lipinski definition) is 3. The van der Waals surface area contributed by atoms with Crippen molar-refractivity contribution < 1.29 is 5.11 Å². The molecule has 0 amide bonds. The molecule has 0 aliphatic heterocycles. The fourth-order valence-electron chi connectivity index (χ4n) is 1.39. The molecule has 0 aliphatic carbocycles. The maximum Gasteiger partial charge on any atom is 0.134 e. The van der Waals surface area contributed by atoms with Crippen molar-refractivity contribution in [3.8, 4) is 11.8 Å². The Kier molecular flexibility index (Phi) is 3.61. The first-order valence-electron chi connectivity index (χ1n) is 4.95. The minimum absolute atomic E-state index is 0.112. The highest BCUT2D eigenvalue weighted by atomic mass is 79.9. The number of halogens is 1. The average molecular weight is 283 g/mol. The summed E-state index contributed by atoms with van der Waals surface area (Å²) in [7, 11) is 0. The number of rotatable bonds is 1. The normalized spacial score (nSPS) is 13.2. The Morgan fingerprint density at radius 2 is 2.00 bits per heavy atom. The van der Waals surface area contributed by atoms with E-state index in [4.69, 9.17) is 11.0 Å². The van der Waals surface area contributed by atoms with Crippen LogP contribution < -0.4 is 5.73 Å². The summed E-state index contributed by atoms with van der Waals surface area (Å²) < 4.78 is 0.501. The SMILES string of the molecule is CC(C)(C)[C@H](N)c1cc(C#N)cc(Br)c1O. The van der Waals surface area contributed by atoms with Gasteiger partial charge in [-0.2, -0.15) is 5.26 Å². The molecule has 3 N–H and O–H groups in total. The van der Waals surface area contributed by atoms with Crippen LogP contribution in [0.4, 0.5) is 0 Å². The molecule has 1 atom stereocenters. The van der Waals surface area contributed by atoms with Gasteiger partial charge in [0.15, 0.2) is 0 Å². The maximum atomic E-state index is 9.91. The predicted octanol–water partition coefficient (Wildman–Crippen LogP) is 3.07. The molecule has 0 saturated carbocycles. The van der Waals surface area contributed by atoms with Crippen molar-refractivity contribution in [2.45, 2.75) is 26.8 Å². The van der Waals surface area contributed by atoms with Gasteiger partial charge in [0, 0.05) is 11.6 Å². The summed E-state index contributed by atoms with van der Waals surface area (Å²) >= 11 is 3.22. The number of nitrogens with two attached hydrogens (primary N) is 1. The van der Waals surface area contributed by atoms with Gasteiger partial charge in [0.1, 0.15) is 5.75 Å². The van der Waals surface area contributed by atoms with E-state index in [0.717, 1.165) is 0 Å². The molecule has 0 fully saturated rings. The van der Waals surface area contributed by atoms with E-state index in [2.05, 4.69) is 15.9 Å². The summed E-state index contributed by atoms with van der Waals surface area (Å²) in [6.07, 6.45) is 0. The summed E-state index contributed by atoms with van der Waals surface area (Å²) in [5.41, 5.74) is 6.98. The van der Waals surface area contributed by atoms with E-state index >= 15 is 0 Å². The van der Waals surface area contributed by atoms with Crippen LogP contribution >= 0.6 is 15.9 Å². The maximum absolute atomic E-state index is 9.91. The molecule has 0 spiro atoms. The van der Waals surface area contributed by atoms with Crippen LogP contribution in [0.3, 0.4) is 0 Å². The quantitative estimate of drug-likeness (QED) is 0.832. The minimum atomic E-state index is -0.322. The van der Waals surface area contributed by atoms with Gasteiger partial charge in [-0.1, -0.05) is 20.8 Å². The summed E-state index contributed by atoms with van der Waals surface area (Å²) in [5.74, 6) is 0.112. The fraction of sp³-hybridized carbons (Fsp3) is 0.417. The topological polar surface area (TPSA) is 70.0 Å². The molecular weight excluding hydrogens is 268 g/mol. The lowest BCUT2D eigenvalue weighted by Gasteiger charge is -2.28. The fourth-order valence-corrected chi connectivity index (χ4v) is 1.86. The van der Waals surface area contributed by atoms with Gasteiger partial charge in [0.05, 0.1) is 16.1 Å². The van der Waals surface area contributed by atoms with Gasteiger partial charge in [-0.25, -0.2) is 0 Å². The van der Waals surface area contributed by atoms with Gasteiger partial charge in [-0.05, 0) is 33.5 Å². The Morgan fingerprint density at radius 3 is 2.44 bits per heavy atom. The first-order valence-corrected chi connectivity index (χ1v) is 5.74. The molecule has 16 heavy (non-hydrogen) atoms. The van der Waals surface area contributed by atoms with Gasteiger partial charge in [0.25, 0.3) is 0 Å². The Morgan fingerprint density at radius 1 is 1.44 bits per heavy atom. The highest BCUT2D eigenvalue weighted by Gasteiger charge is 2.26. The lowest BCUT2D eigenvalue weighted by atomic mass is 9.82. The lowest BCUT2D eigenvalue weighted by molar-refractivity contribution is 0.317. The predicted molar refractivity (Wildman–Crippen MR) is 66.9 cm³/mol. The first-order chi connectivity index (χ1) is 7.27. The summed E-state index contributed by atoms with van der Waals surface area (Å²) in [5, 5.41) is 18.8. The number of benzene rings is 1. The van der Waals surface area contributed by atoms with Crippen LogP contribution in [0.25, 0.3) is 0 Å². The largest absolute Gasteiger partial charge is 0.506 e. The number of aromatic hydroxyl groups is 1. The van der Waals surface area contributed by atoms with Crippen molar-refractivity contribution in [2.75, 3.05) is 0 Å². The van der Waals surface area contributed by atoms with E-state index in [9.17, 15) is 5.11 Å². The van der Waals surface area contributed by atoms with E-state index in [-0.39, 0.29) is 17.2 Å². The number of nitrogens with zero attached hydrogens (tertiary/aromatic N) is 1. The molecule has 0 heterocycles. The van der Waals surface area contributed by atoms with Crippen molar-refractivity contribution in [3.63, 3.8) is 0 Å². The molecule has 3 nitrogen and oxygen atoms in total. The average Bonchev–Trinajstić information content (AvgIpc) is 2.19. The van der Waals surface area contributed by atoms with Crippen LogP contribution in [0.5, 0.6) is 5.75 Å². The van der Waals surface area contributed by atoms with Crippen LogP contribution in [-0.4, -0.2) is 5.11 Å². The molecule has 1 aromatic rings. The van der Waals surface area contributed by atoms with Crippen molar-refractivity contribution in [1.29, 1.82) is 5.26 Å². The van der Waals surface area contributed by atoms with E-state index < -0.39 is 0 Å². The van der Waals surface area contributed by atoms with E-state index in [1.165, 1.54) is 0 Å². The van der Waals surface area contributed by atoms with Crippen LogP contribution in [0, 0.1) is 16.7 Å². The number of phenolic OH excluding ortho intramolecular Hbond substituents is 1. The van der Waals surface area contributed by atoms with Crippen molar-refractivity contribution in [3.05, 3.63) is 27.7 Å². The van der Waals surface area contributed by atoms with Gasteiger partial charge < -0.3 is 10.8 Å². The molecule has 0 saturated heterocycles. The number of nitriles is 1. The van der Waals surface area contributed by atoms with E-state index in [0.29, 0.717) is 15.6 Å². The van der Waals surface area contributed by atoms with Crippen LogP contribution in [0.15, 0.2) is 16.6 Å². The van der Waals surface area contributed by atoms with Crippen molar-refractivity contribution in [1.82, 2.24) is 0 Å². The zero-order valence-electron chi connectivity index (χ0n) is 9.58. The van der Waals surface area contributed by atoms with E-state index in [1.54, 1.807) is 12.1 Å². The molecule has 0 bridgehead atoms. The third-order valence-electron chi connectivity index (χ3n) is 2.49. The Balaban J connectivity index is 3.34. The molecule has 0 aromatic heterocycles. The molecule has 1 rings (SSSR count). The van der Waals surface area contributed by atoms with Crippen LogP contribution in [0.2, 0.25) is 0 Å². The first kappa shape index (κ1) is 13.0. The zero-order chi connectivity index (χ0) is 12.5. The standard InChI is InChI=1S/C12H15BrN2O/c1-12(2,3)11(15)8-4-7(6-14)5-9(13)10(8)16/h4-5,11,16H,15H2,1-3H3/t11-/m1/s1. The molecule has 4 heteroatoms. The van der Waals surface area contributed by atoms with Gasteiger partial charge in [-0.3, -0.25) is 0 Å². The molecule has 86 valence electrons. The van der Waals surface area contributed by atoms with E-state index in [1.807, 2.05) is 26.8 Å². The van der Waals surface area contributed by atoms with Gasteiger partial charge >= 0.3 is 0 Å². The second-order valence-electron chi connectivity index (χ2n) is 4.85. The highest BCUT2D eigenvalue weighted by molar-refractivity contribution is 9.10. The third-order valence-corrected chi connectivity index (χ3v) is 3.09. The van der Waals surface area contributed by atoms with Crippen molar-refractivity contribution >= 4 is 15.9 Å². The smallest absolute Gasteiger partial charge is 0.134 e. The summed E-state index contributed by atoms with van der Waals surface area (Å²) in [6.45, 7) is 5.97. The second-order valence-corrected chi connectivity index (χ2v) is 5.71. The van der Waals surface area contributed by atoms with Gasteiger partial charge in [0.2, 0.25) is 0 Å². The molecular formula is C12H15BrN2O. The minimum Gasteiger partial charge on any atom is -0.506 e. The van der Waals surface area contributed by atoms with Crippen LogP contribution in [-0.2, 0) is 0 Å². The van der Waals surface area contributed by atoms with Gasteiger partial charge in [-0.15, -0.1) is 0 Å². The number of hydrogen-bond donors (Lipinski definition) is 2. The van der Waals surface area contributed by atoms with Crippen LogP contribution in [0.1, 0.15) is 37.9 Å². The summed E-state index contributed by atoms with van der Waals surface area (Å²) in [6, 6.07) is 4.94. The monoisotopic (exact) mass is 282 g/mol.